The molecule has 0 aliphatic rings. The van der Waals surface area contributed by atoms with Crippen LogP contribution in [0.5, 0.6) is 5.75 Å². The van der Waals surface area contributed by atoms with Gasteiger partial charge in [-0.25, -0.2) is 0 Å². The fourth-order valence-corrected chi connectivity index (χ4v) is 0.810. The van der Waals surface area contributed by atoms with Crippen molar-refractivity contribution in [3.05, 3.63) is 29.8 Å². The Labute approximate surface area is 55.0 Å². The number of phenols is 1. The topological polar surface area (TPSA) is 20.2 Å². The second-order valence-corrected chi connectivity index (χ2v) is 1.98. The highest BCUT2D eigenvalue weighted by atomic mass is 16.3. The summed E-state index contributed by atoms with van der Waals surface area (Å²) in [6, 6.07) is 7.39. The summed E-state index contributed by atoms with van der Waals surface area (Å²) in [5.74, 6) is 0.403. The normalized spacial score (nSPS) is 9.44. The van der Waals surface area contributed by atoms with Gasteiger partial charge in [-0.2, -0.15) is 0 Å². The number of hydrogen-bond donors (Lipinski definition) is 1. The molecule has 0 aliphatic carbocycles. The van der Waals surface area contributed by atoms with E-state index in [0.29, 0.717) is 5.75 Å². The molecule has 1 heteroatoms. The summed E-state index contributed by atoms with van der Waals surface area (Å²) in [6.07, 6.45) is 0.896. The molecule has 0 amide bonds. The van der Waals surface area contributed by atoms with Crippen molar-refractivity contribution >= 4 is 0 Å². The average molecular weight is 124 g/mol. The molecule has 0 aromatic heterocycles. The van der Waals surface area contributed by atoms with Gasteiger partial charge in [0.25, 0.3) is 0 Å². The Balaban J connectivity index is 3.01. The van der Waals surface area contributed by atoms with Crippen molar-refractivity contribution in [1.29, 1.82) is 0 Å². The lowest BCUT2D eigenvalue weighted by Gasteiger charge is -1.97. The zero-order valence-electron chi connectivity index (χ0n) is 5.46. The molecule has 0 bridgehead atoms. The van der Waals surface area contributed by atoms with Gasteiger partial charge in [-0.3, -0.25) is 0 Å². The van der Waals surface area contributed by atoms with Crippen LogP contribution in [0.3, 0.4) is 0 Å². The SMILES string of the molecule is [13CH3][13CH2]c1ccccc1O. The van der Waals surface area contributed by atoms with Gasteiger partial charge in [0.15, 0.2) is 0 Å². The fourth-order valence-electron chi connectivity index (χ4n) is 0.810. The second kappa shape index (κ2) is 2.53. The maximum absolute atomic E-state index is 9.11. The number of benzene rings is 1. The summed E-state index contributed by atoms with van der Waals surface area (Å²) in [5.41, 5.74) is 1.01. The van der Waals surface area contributed by atoms with Crippen molar-refractivity contribution in [3.8, 4) is 5.75 Å². The summed E-state index contributed by atoms with van der Waals surface area (Å²) >= 11 is 0. The zero-order chi connectivity index (χ0) is 6.69. The Morgan fingerprint density at radius 3 is 2.44 bits per heavy atom. The lowest BCUT2D eigenvalue weighted by molar-refractivity contribution is 0.469. The third kappa shape index (κ3) is 1.22. The Kier molecular flexibility index (Phi) is 1.73. The van der Waals surface area contributed by atoms with E-state index in [-0.39, 0.29) is 0 Å². The zero-order valence-corrected chi connectivity index (χ0v) is 5.46. The van der Waals surface area contributed by atoms with Crippen LogP contribution >= 0.6 is 0 Å². The highest BCUT2D eigenvalue weighted by molar-refractivity contribution is 5.31. The predicted octanol–water partition coefficient (Wildman–Crippen LogP) is 1.95. The Morgan fingerprint density at radius 2 is 2.00 bits per heavy atom. The second-order valence-electron chi connectivity index (χ2n) is 1.98. The van der Waals surface area contributed by atoms with Gasteiger partial charge >= 0.3 is 0 Å². The van der Waals surface area contributed by atoms with Gasteiger partial charge < -0.3 is 5.11 Å². The molecule has 0 atom stereocenters. The molecule has 9 heavy (non-hydrogen) atoms. The third-order valence-electron chi connectivity index (χ3n) is 1.37. The summed E-state index contributed by atoms with van der Waals surface area (Å²) in [6.45, 7) is 2.02. The molecular weight excluding hydrogens is 114 g/mol. The van der Waals surface area contributed by atoms with Crippen LogP contribution in [0, 0.1) is 0 Å². The quantitative estimate of drug-likeness (QED) is 0.567. The smallest absolute Gasteiger partial charge is 0.118 e. The molecule has 1 aromatic rings. The summed E-state index contributed by atoms with van der Waals surface area (Å²) < 4.78 is 0. The van der Waals surface area contributed by atoms with Crippen LogP contribution in [0.2, 0.25) is 0 Å². The number of phenolic OH excluding ortho intramolecular Hbond substituents is 1. The van der Waals surface area contributed by atoms with Crippen LogP contribution in [0.15, 0.2) is 24.3 Å². The van der Waals surface area contributed by atoms with E-state index in [1.807, 2.05) is 25.1 Å². The summed E-state index contributed by atoms with van der Waals surface area (Å²) in [5, 5.41) is 9.11. The average Bonchev–Trinajstić information content (AvgIpc) is 1.89. The van der Waals surface area contributed by atoms with Crippen LogP contribution in [0.25, 0.3) is 0 Å². The first-order valence-corrected chi connectivity index (χ1v) is 3.11. The van der Waals surface area contributed by atoms with E-state index in [1.54, 1.807) is 6.07 Å². The van der Waals surface area contributed by atoms with Gasteiger partial charge in [-0.15, -0.1) is 0 Å². The maximum atomic E-state index is 9.11. The predicted molar refractivity (Wildman–Crippen MR) is 37.5 cm³/mol. The Morgan fingerprint density at radius 1 is 1.33 bits per heavy atom. The molecule has 0 radical (unpaired) electrons. The molecule has 0 unspecified atom stereocenters. The minimum absolute atomic E-state index is 0.403. The third-order valence-corrected chi connectivity index (χ3v) is 1.37. The van der Waals surface area contributed by atoms with E-state index in [1.165, 1.54) is 0 Å². The van der Waals surface area contributed by atoms with Crippen molar-refractivity contribution in [1.82, 2.24) is 0 Å². The molecule has 0 heterocycles. The van der Waals surface area contributed by atoms with Crippen molar-refractivity contribution in [3.63, 3.8) is 0 Å². The van der Waals surface area contributed by atoms with Crippen LogP contribution in [-0.2, 0) is 6.42 Å². The first kappa shape index (κ1) is 6.14. The lowest BCUT2D eigenvalue weighted by atomic mass is 10.3. The molecular formula is C8H10O. The molecule has 1 rings (SSSR count). The minimum Gasteiger partial charge on any atom is -0.508 e. The molecule has 1 N–H and O–H groups in total. The lowest BCUT2D eigenvalue weighted by Crippen LogP contribution is -1.77. The highest BCUT2D eigenvalue weighted by Crippen LogP contribution is 2.14. The van der Waals surface area contributed by atoms with Gasteiger partial charge in [0, 0.05) is 0 Å². The number of aromatic hydroxyl groups is 1. The van der Waals surface area contributed by atoms with Crippen LogP contribution in [-0.4, -0.2) is 5.11 Å². The van der Waals surface area contributed by atoms with Crippen molar-refractivity contribution < 1.29 is 5.11 Å². The maximum Gasteiger partial charge on any atom is 0.118 e. The number of para-hydroxylation sites is 1. The standard InChI is InChI=1S/C8H10O/c1-2-7-5-3-4-6-8(7)9/h3-6,9H,2H2,1H3/i1+1,2+1. The monoisotopic (exact) mass is 124 g/mol. The Bertz CT molecular complexity index is 194. The fraction of sp³-hybridized carbons (Fsp3) is 0.250. The molecule has 1 aromatic carbocycles. The molecule has 48 valence electrons. The first-order valence-electron chi connectivity index (χ1n) is 3.11. The van der Waals surface area contributed by atoms with Gasteiger partial charge in [0.1, 0.15) is 5.75 Å². The summed E-state index contributed by atoms with van der Waals surface area (Å²) in [7, 11) is 0. The van der Waals surface area contributed by atoms with E-state index < -0.39 is 0 Å². The Hall–Kier alpha value is -0.980. The van der Waals surface area contributed by atoms with E-state index in [4.69, 9.17) is 5.11 Å². The van der Waals surface area contributed by atoms with Crippen LogP contribution < -0.4 is 0 Å². The number of rotatable bonds is 1. The van der Waals surface area contributed by atoms with E-state index in [0.717, 1.165) is 12.0 Å². The largest absolute Gasteiger partial charge is 0.508 e. The highest BCUT2D eigenvalue weighted by Gasteiger charge is 1.92. The number of hydrogen-bond acceptors (Lipinski definition) is 1. The molecule has 0 saturated carbocycles. The van der Waals surface area contributed by atoms with Crippen molar-refractivity contribution in [2.24, 2.45) is 0 Å². The van der Waals surface area contributed by atoms with Crippen molar-refractivity contribution in [2.75, 3.05) is 0 Å². The molecule has 1 nitrogen and oxygen atoms in total. The molecule has 0 saturated heterocycles. The number of aryl methyl sites for hydroxylation is 1. The van der Waals surface area contributed by atoms with Gasteiger partial charge in [0.05, 0.1) is 0 Å². The van der Waals surface area contributed by atoms with Crippen molar-refractivity contribution in [2.45, 2.75) is 13.3 Å². The summed E-state index contributed by atoms with van der Waals surface area (Å²) in [4.78, 5) is 0. The molecule has 0 aliphatic heterocycles. The first-order chi connectivity index (χ1) is 4.34. The van der Waals surface area contributed by atoms with Gasteiger partial charge in [-0.05, 0) is 18.1 Å². The minimum atomic E-state index is 0.403. The van der Waals surface area contributed by atoms with Crippen LogP contribution in [0.4, 0.5) is 0 Å². The molecule has 0 spiro atoms. The van der Waals surface area contributed by atoms with E-state index >= 15 is 0 Å². The van der Waals surface area contributed by atoms with E-state index in [9.17, 15) is 0 Å². The van der Waals surface area contributed by atoms with E-state index in [2.05, 4.69) is 0 Å². The molecule has 0 fully saturated rings. The van der Waals surface area contributed by atoms with Gasteiger partial charge in [0.2, 0.25) is 0 Å². The van der Waals surface area contributed by atoms with Gasteiger partial charge in [-0.1, -0.05) is 25.1 Å². The van der Waals surface area contributed by atoms with Crippen LogP contribution in [0.1, 0.15) is 12.5 Å².